The molecule has 7 nitrogen and oxygen atoms in total. The molecule has 0 aliphatic heterocycles. The lowest BCUT2D eigenvalue weighted by Gasteiger charge is -2.09. The van der Waals surface area contributed by atoms with E-state index in [-0.39, 0.29) is 35.8 Å². The number of amides is 2. The first kappa shape index (κ1) is 49.3. The second-order valence-corrected chi connectivity index (χ2v) is 10.6. The molecule has 0 aromatic rings. The fraction of sp³-hybridized carbons (Fsp3) is 0.541. The van der Waals surface area contributed by atoms with E-state index in [9.17, 15) is 14.4 Å². The minimum Gasteiger partial charge on any atom is -1.00 e. The van der Waals surface area contributed by atoms with Crippen LogP contribution in [0.25, 0.3) is 0 Å². The number of hydroxylamine groups is 4. The number of nitrogens with zero attached hydrogens (tertiary/aromatic N) is 2. The zero-order valence-corrected chi connectivity index (χ0v) is 32.0. The summed E-state index contributed by atoms with van der Waals surface area (Å²) >= 11 is 0. The van der Waals surface area contributed by atoms with Gasteiger partial charge in [0.2, 0.25) is 0 Å². The predicted octanol–water partition coefficient (Wildman–Crippen LogP) is 5.65. The number of aldehydes is 1. The lowest BCUT2D eigenvalue weighted by atomic mass is 10.1. The Kier molecular flexibility index (Phi) is 39.4. The van der Waals surface area contributed by atoms with Gasteiger partial charge < -0.3 is 24.0 Å². The van der Waals surface area contributed by atoms with Gasteiger partial charge in [-0.15, -0.1) is 0 Å². The summed E-state index contributed by atoms with van der Waals surface area (Å²) in [4.78, 5) is 41.9. The van der Waals surface area contributed by atoms with E-state index in [1.807, 2.05) is 18.2 Å². The number of carbonyl (C=O) groups excluding carboxylic acids is 3. The zero-order chi connectivity index (χ0) is 34.2. The molecule has 45 heavy (non-hydrogen) atoms. The predicted molar refractivity (Wildman–Crippen MR) is 186 cm³/mol. The number of hydrogen-bond acceptors (Lipinski definition) is 5. The van der Waals surface area contributed by atoms with Gasteiger partial charge in [-0.05, 0) is 42.6 Å². The van der Waals surface area contributed by atoms with E-state index < -0.39 is 0 Å². The fourth-order valence-electron chi connectivity index (χ4n) is 2.94. The smallest absolute Gasteiger partial charge is 0.269 e. The SMILES string of the molecule is CCC[C@@H](C)/C=C/C=C/C(=O)N(C)OC.CC[C@@H](C)/C=C/C=C\C[C@@H](C)/C=C/C=C/C(=O)N(C)OC.CC[C@@H](C)/C=C/C=O.[I-]. The van der Waals surface area contributed by atoms with Gasteiger partial charge >= 0.3 is 0 Å². The van der Waals surface area contributed by atoms with Crippen molar-refractivity contribution in [2.45, 2.75) is 80.6 Å². The van der Waals surface area contributed by atoms with E-state index in [1.54, 1.807) is 32.3 Å². The molecule has 0 spiro atoms. The minimum absolute atomic E-state index is 0. The van der Waals surface area contributed by atoms with Crippen LogP contribution in [-0.2, 0) is 24.1 Å². The van der Waals surface area contributed by atoms with Crippen LogP contribution in [0.3, 0.4) is 0 Å². The maximum absolute atomic E-state index is 11.4. The fourth-order valence-corrected chi connectivity index (χ4v) is 2.94. The molecule has 0 N–H and O–H groups in total. The molecule has 0 rings (SSSR count). The Bertz CT molecular complexity index is 937. The maximum atomic E-state index is 11.4. The maximum Gasteiger partial charge on any atom is 0.269 e. The van der Waals surface area contributed by atoms with Crippen molar-refractivity contribution in [1.29, 1.82) is 0 Å². The van der Waals surface area contributed by atoms with Crippen molar-refractivity contribution in [3.05, 3.63) is 85.1 Å². The molecule has 0 aromatic carbocycles. The van der Waals surface area contributed by atoms with Crippen molar-refractivity contribution >= 4 is 18.1 Å². The first-order valence-corrected chi connectivity index (χ1v) is 15.7. The number of hydrogen-bond donors (Lipinski definition) is 0. The summed E-state index contributed by atoms with van der Waals surface area (Å²) in [6.07, 6.45) is 32.9. The molecule has 8 heteroatoms. The van der Waals surface area contributed by atoms with Crippen molar-refractivity contribution in [2.24, 2.45) is 23.7 Å². The molecule has 0 radical (unpaired) electrons. The van der Waals surface area contributed by atoms with Crippen LogP contribution in [0.2, 0.25) is 0 Å². The highest BCUT2D eigenvalue weighted by molar-refractivity contribution is 5.87. The van der Waals surface area contributed by atoms with Crippen LogP contribution in [0, 0.1) is 23.7 Å². The third-order valence-electron chi connectivity index (χ3n) is 6.49. The van der Waals surface area contributed by atoms with Crippen LogP contribution in [0.1, 0.15) is 80.6 Å². The molecule has 0 fully saturated rings. The van der Waals surface area contributed by atoms with E-state index in [0.717, 1.165) is 19.1 Å². The van der Waals surface area contributed by atoms with Gasteiger partial charge in [-0.2, -0.15) is 0 Å². The average Bonchev–Trinajstić information content (AvgIpc) is 3.03. The standard InChI is InChI=1S/C18H29NO2.C12H21NO2.C7H12O.HI/c1-6-16(2)12-8-7-9-13-17(3)14-10-11-15-18(20)19(4)21-5;1-5-8-11(2)9-6-7-10-12(14)13(3)15-4;1-3-7(2)5-4-6-8;/h7-12,14-17H,6,13H2,1-5H3;6-7,9-11H,5,8H2,1-4H3;4-7H,3H2,1-2H3;1H/p-1/b9-7-,12-8+,14-10+,15-11+;9-6+,10-7+;5-4+;/t16-,17-;11-;7-;/m111./s1. The lowest BCUT2D eigenvalue weighted by Crippen LogP contribution is -3.00. The highest BCUT2D eigenvalue weighted by atomic mass is 127. The number of carbonyl (C=O) groups is 3. The van der Waals surface area contributed by atoms with E-state index >= 15 is 0 Å². The highest BCUT2D eigenvalue weighted by Gasteiger charge is 2.01. The summed E-state index contributed by atoms with van der Waals surface area (Å²) in [7, 11) is 6.09. The molecule has 0 bridgehead atoms. The van der Waals surface area contributed by atoms with Crippen LogP contribution in [0.5, 0.6) is 0 Å². The van der Waals surface area contributed by atoms with Crippen molar-refractivity contribution in [2.75, 3.05) is 28.3 Å². The summed E-state index contributed by atoms with van der Waals surface area (Å²) in [5.74, 6) is 1.85. The number of likely N-dealkylation sites (N-methyl/N-ethyl adjacent to an activating group) is 2. The molecule has 0 unspecified atom stereocenters. The third-order valence-corrected chi connectivity index (χ3v) is 6.49. The molecule has 0 saturated heterocycles. The molecule has 2 amide bonds. The Morgan fingerprint density at radius 2 is 1.02 bits per heavy atom. The zero-order valence-electron chi connectivity index (χ0n) is 29.8. The molecular weight excluding hydrogens is 679 g/mol. The highest BCUT2D eigenvalue weighted by Crippen LogP contribution is 2.07. The molecule has 0 aromatic heterocycles. The van der Waals surface area contributed by atoms with Crippen LogP contribution >= 0.6 is 0 Å². The van der Waals surface area contributed by atoms with Gasteiger partial charge in [-0.25, -0.2) is 10.1 Å². The van der Waals surface area contributed by atoms with Gasteiger partial charge in [-0.3, -0.25) is 24.1 Å². The molecule has 258 valence electrons. The summed E-state index contributed by atoms with van der Waals surface area (Å²) in [6.45, 7) is 15.1. The van der Waals surface area contributed by atoms with E-state index in [1.165, 1.54) is 55.8 Å². The van der Waals surface area contributed by atoms with Gasteiger partial charge in [0.05, 0.1) is 14.2 Å². The second-order valence-electron chi connectivity index (χ2n) is 10.6. The van der Waals surface area contributed by atoms with Gasteiger partial charge in [0.1, 0.15) is 6.29 Å². The molecule has 0 saturated carbocycles. The second kappa shape index (κ2) is 35.9. The summed E-state index contributed by atoms with van der Waals surface area (Å²) in [5.41, 5.74) is 0. The Morgan fingerprint density at radius 3 is 1.42 bits per heavy atom. The molecule has 0 aliphatic carbocycles. The van der Waals surface area contributed by atoms with Crippen LogP contribution in [0.15, 0.2) is 85.1 Å². The van der Waals surface area contributed by atoms with E-state index in [0.29, 0.717) is 23.7 Å². The first-order valence-electron chi connectivity index (χ1n) is 15.7. The van der Waals surface area contributed by atoms with Gasteiger partial charge in [0.25, 0.3) is 11.8 Å². The molecule has 4 atom stereocenters. The van der Waals surface area contributed by atoms with Gasteiger partial charge in [-0.1, -0.05) is 135 Å². The Hall–Kier alpha value is -2.56. The van der Waals surface area contributed by atoms with Crippen molar-refractivity contribution < 1.29 is 48.0 Å². The summed E-state index contributed by atoms with van der Waals surface area (Å²) in [5, 5.41) is 2.36. The minimum atomic E-state index is -0.176. The van der Waals surface area contributed by atoms with Gasteiger partial charge in [0.15, 0.2) is 0 Å². The van der Waals surface area contributed by atoms with Gasteiger partial charge in [0, 0.05) is 26.2 Å². The lowest BCUT2D eigenvalue weighted by molar-refractivity contribution is -0.163. The quantitative estimate of drug-likeness (QED) is 0.0598. The molecule has 0 heterocycles. The number of rotatable bonds is 18. The van der Waals surface area contributed by atoms with Crippen molar-refractivity contribution in [3.63, 3.8) is 0 Å². The Labute approximate surface area is 292 Å². The van der Waals surface area contributed by atoms with Crippen LogP contribution in [0.4, 0.5) is 0 Å². The topological polar surface area (TPSA) is 76.2 Å². The molecular formula is C37H62IN2O5-. The Balaban J connectivity index is -0.000000305. The summed E-state index contributed by atoms with van der Waals surface area (Å²) < 4.78 is 0. The average molecular weight is 742 g/mol. The number of allylic oxidation sites excluding steroid dienone is 12. The Morgan fingerprint density at radius 1 is 0.622 bits per heavy atom. The van der Waals surface area contributed by atoms with E-state index in [2.05, 4.69) is 84.9 Å². The number of halogens is 1. The summed E-state index contributed by atoms with van der Waals surface area (Å²) in [6, 6.07) is 0. The van der Waals surface area contributed by atoms with E-state index in [4.69, 9.17) is 9.68 Å². The normalized spacial score (nSPS) is 14.3. The van der Waals surface area contributed by atoms with Crippen molar-refractivity contribution in [1.82, 2.24) is 10.1 Å². The third kappa shape index (κ3) is 35.8. The van der Waals surface area contributed by atoms with Crippen LogP contribution in [-0.4, -0.2) is 56.5 Å². The molecule has 0 aliphatic rings. The van der Waals surface area contributed by atoms with Crippen molar-refractivity contribution in [3.8, 4) is 0 Å². The largest absolute Gasteiger partial charge is 1.00 e. The monoisotopic (exact) mass is 741 g/mol. The van der Waals surface area contributed by atoms with Crippen LogP contribution < -0.4 is 24.0 Å². The first-order chi connectivity index (χ1) is 20.9.